The van der Waals surface area contributed by atoms with Gasteiger partial charge >= 0.3 is 0 Å². The number of hydrogen-bond donors (Lipinski definition) is 1. The largest absolute Gasteiger partial charge is 0.455 e. The van der Waals surface area contributed by atoms with Gasteiger partial charge < -0.3 is 14.7 Å². The normalized spacial score (nSPS) is 11.0. The molecule has 0 atom stereocenters. The van der Waals surface area contributed by atoms with Crippen molar-refractivity contribution in [3.05, 3.63) is 53.8 Å². The van der Waals surface area contributed by atoms with E-state index in [-0.39, 0.29) is 5.82 Å². The molecule has 0 bridgehead atoms. The van der Waals surface area contributed by atoms with Gasteiger partial charge in [0.05, 0.1) is 12.3 Å². The van der Waals surface area contributed by atoms with Gasteiger partial charge in [-0.2, -0.15) is 4.98 Å². The molecule has 3 rings (SSSR count). The molecule has 108 valence electrons. The summed E-state index contributed by atoms with van der Waals surface area (Å²) >= 11 is 1.43. The average molecular weight is 305 g/mol. The van der Waals surface area contributed by atoms with Crippen molar-refractivity contribution < 1.29 is 13.3 Å². The lowest BCUT2D eigenvalue weighted by Gasteiger charge is -1.97. The molecule has 0 saturated heterocycles. The van der Waals surface area contributed by atoms with E-state index in [9.17, 15) is 4.39 Å². The van der Waals surface area contributed by atoms with Crippen molar-refractivity contribution in [2.45, 2.75) is 17.2 Å². The Bertz CT molecular complexity index is 741. The van der Waals surface area contributed by atoms with Crippen molar-refractivity contribution in [1.29, 1.82) is 0 Å². The SMILES string of the molecule is NCc1ccc(-c2nc(CSc3cccc(F)c3)no2)o1. The number of aromatic nitrogens is 2. The van der Waals surface area contributed by atoms with Crippen LogP contribution >= 0.6 is 11.8 Å². The molecule has 0 saturated carbocycles. The quantitative estimate of drug-likeness (QED) is 0.729. The van der Waals surface area contributed by atoms with E-state index >= 15 is 0 Å². The van der Waals surface area contributed by atoms with Crippen molar-refractivity contribution in [3.63, 3.8) is 0 Å². The summed E-state index contributed by atoms with van der Waals surface area (Å²) in [6.45, 7) is 0.316. The predicted molar refractivity (Wildman–Crippen MR) is 75.9 cm³/mol. The molecule has 1 aromatic carbocycles. The Morgan fingerprint density at radius 1 is 1.24 bits per heavy atom. The van der Waals surface area contributed by atoms with E-state index in [4.69, 9.17) is 14.7 Å². The molecule has 2 N–H and O–H groups in total. The molecule has 3 aromatic rings. The van der Waals surface area contributed by atoms with Gasteiger partial charge in [-0.1, -0.05) is 11.2 Å². The van der Waals surface area contributed by atoms with Gasteiger partial charge in [-0.15, -0.1) is 11.8 Å². The molecule has 0 aliphatic heterocycles. The number of hydrogen-bond acceptors (Lipinski definition) is 6. The lowest BCUT2D eigenvalue weighted by molar-refractivity contribution is 0.407. The molecular formula is C14H12FN3O2S. The molecule has 0 spiro atoms. The van der Waals surface area contributed by atoms with Crippen LogP contribution in [-0.2, 0) is 12.3 Å². The Hall–Kier alpha value is -2.12. The summed E-state index contributed by atoms with van der Waals surface area (Å²) in [5, 5.41) is 3.87. The van der Waals surface area contributed by atoms with Gasteiger partial charge in [-0.05, 0) is 30.3 Å². The Balaban J connectivity index is 1.67. The zero-order valence-corrected chi connectivity index (χ0v) is 11.8. The zero-order chi connectivity index (χ0) is 14.7. The molecule has 2 heterocycles. The first kappa shape index (κ1) is 13.8. The van der Waals surface area contributed by atoms with Crippen LogP contribution < -0.4 is 5.73 Å². The van der Waals surface area contributed by atoms with Crippen LogP contribution in [0.15, 0.2) is 50.2 Å². The Morgan fingerprint density at radius 3 is 2.90 bits per heavy atom. The summed E-state index contributed by atoms with van der Waals surface area (Å²) in [4.78, 5) is 5.05. The van der Waals surface area contributed by atoms with E-state index in [2.05, 4.69) is 10.1 Å². The number of nitrogens with two attached hydrogens (primary N) is 1. The van der Waals surface area contributed by atoms with Gasteiger partial charge in [0.15, 0.2) is 11.6 Å². The fourth-order valence-electron chi connectivity index (χ4n) is 1.72. The third-order valence-corrected chi connectivity index (χ3v) is 3.70. The fraction of sp³-hybridized carbons (Fsp3) is 0.143. The van der Waals surface area contributed by atoms with E-state index in [1.807, 2.05) is 6.07 Å². The number of thioether (sulfide) groups is 1. The molecule has 0 aliphatic carbocycles. The Kier molecular flexibility index (Phi) is 4.03. The molecule has 0 fully saturated rings. The number of furan rings is 1. The Labute approximate surface area is 124 Å². The molecule has 7 heteroatoms. The minimum Gasteiger partial charge on any atom is -0.455 e. The first-order chi connectivity index (χ1) is 10.2. The third kappa shape index (κ3) is 3.32. The van der Waals surface area contributed by atoms with Crippen molar-refractivity contribution in [3.8, 4) is 11.7 Å². The topological polar surface area (TPSA) is 78.1 Å². The van der Waals surface area contributed by atoms with Gasteiger partial charge in [-0.3, -0.25) is 0 Å². The number of nitrogens with zero attached hydrogens (tertiary/aromatic N) is 2. The third-order valence-electron chi connectivity index (χ3n) is 2.71. The first-order valence-electron chi connectivity index (χ1n) is 6.24. The summed E-state index contributed by atoms with van der Waals surface area (Å²) in [6, 6.07) is 9.86. The monoisotopic (exact) mass is 305 g/mol. The van der Waals surface area contributed by atoms with Gasteiger partial charge in [-0.25, -0.2) is 4.39 Å². The van der Waals surface area contributed by atoms with E-state index in [0.29, 0.717) is 35.5 Å². The summed E-state index contributed by atoms with van der Waals surface area (Å²) in [6.07, 6.45) is 0. The summed E-state index contributed by atoms with van der Waals surface area (Å²) in [5.41, 5.74) is 5.48. The molecular weight excluding hydrogens is 293 g/mol. The number of benzene rings is 1. The standard InChI is InChI=1S/C14H12FN3O2S/c15-9-2-1-3-11(6-9)21-8-13-17-14(20-18-13)12-5-4-10(7-16)19-12/h1-6H,7-8,16H2. The van der Waals surface area contributed by atoms with Crippen LogP contribution in [0.1, 0.15) is 11.6 Å². The van der Waals surface area contributed by atoms with E-state index in [0.717, 1.165) is 4.90 Å². The van der Waals surface area contributed by atoms with Crippen molar-refractivity contribution >= 4 is 11.8 Å². The van der Waals surface area contributed by atoms with Crippen molar-refractivity contribution in [2.75, 3.05) is 0 Å². The molecule has 0 radical (unpaired) electrons. The van der Waals surface area contributed by atoms with Crippen molar-refractivity contribution in [1.82, 2.24) is 10.1 Å². The van der Waals surface area contributed by atoms with Crippen LogP contribution in [0.4, 0.5) is 4.39 Å². The van der Waals surface area contributed by atoms with E-state index in [1.54, 1.807) is 18.2 Å². The van der Waals surface area contributed by atoms with Crippen LogP contribution in [0.25, 0.3) is 11.7 Å². The van der Waals surface area contributed by atoms with E-state index < -0.39 is 0 Å². The molecule has 0 unspecified atom stereocenters. The highest BCUT2D eigenvalue weighted by Crippen LogP contribution is 2.24. The maximum Gasteiger partial charge on any atom is 0.293 e. The number of rotatable bonds is 5. The minimum absolute atomic E-state index is 0.265. The highest BCUT2D eigenvalue weighted by Gasteiger charge is 2.13. The maximum absolute atomic E-state index is 13.1. The lowest BCUT2D eigenvalue weighted by Crippen LogP contribution is -1.92. The first-order valence-corrected chi connectivity index (χ1v) is 7.23. The highest BCUT2D eigenvalue weighted by atomic mass is 32.2. The molecule has 0 aliphatic rings. The van der Waals surface area contributed by atoms with Crippen LogP contribution in [0.3, 0.4) is 0 Å². The van der Waals surface area contributed by atoms with Crippen molar-refractivity contribution in [2.24, 2.45) is 5.73 Å². The number of halogens is 1. The highest BCUT2D eigenvalue weighted by molar-refractivity contribution is 7.98. The molecule has 5 nitrogen and oxygen atoms in total. The average Bonchev–Trinajstić information content (AvgIpc) is 3.14. The lowest BCUT2D eigenvalue weighted by atomic mass is 10.4. The molecule has 0 amide bonds. The van der Waals surface area contributed by atoms with Crippen LogP contribution in [0, 0.1) is 5.82 Å². The van der Waals surface area contributed by atoms with Gasteiger partial charge in [0.2, 0.25) is 0 Å². The maximum atomic E-state index is 13.1. The smallest absolute Gasteiger partial charge is 0.293 e. The zero-order valence-electron chi connectivity index (χ0n) is 11.0. The van der Waals surface area contributed by atoms with E-state index in [1.165, 1.54) is 23.9 Å². The Morgan fingerprint density at radius 2 is 2.14 bits per heavy atom. The molecule has 21 heavy (non-hydrogen) atoms. The van der Waals surface area contributed by atoms with Gasteiger partial charge in [0, 0.05) is 4.90 Å². The second kappa shape index (κ2) is 6.11. The van der Waals surface area contributed by atoms with Crippen LogP contribution in [0.5, 0.6) is 0 Å². The van der Waals surface area contributed by atoms with Gasteiger partial charge in [0.25, 0.3) is 5.89 Å². The summed E-state index contributed by atoms with van der Waals surface area (Å²) in [7, 11) is 0. The second-order valence-corrected chi connectivity index (χ2v) is 5.28. The molecule has 2 aromatic heterocycles. The fourth-order valence-corrected chi connectivity index (χ4v) is 2.50. The predicted octanol–water partition coefficient (Wildman–Crippen LogP) is 3.22. The second-order valence-electron chi connectivity index (χ2n) is 4.23. The minimum atomic E-state index is -0.265. The summed E-state index contributed by atoms with van der Waals surface area (Å²) in [5.74, 6) is 2.19. The summed E-state index contributed by atoms with van der Waals surface area (Å²) < 4.78 is 23.6. The van der Waals surface area contributed by atoms with Gasteiger partial charge in [0.1, 0.15) is 11.6 Å². The van der Waals surface area contributed by atoms with Crippen LogP contribution in [-0.4, -0.2) is 10.1 Å². The van der Waals surface area contributed by atoms with Crippen LogP contribution in [0.2, 0.25) is 0 Å².